The largest absolute Gasteiger partial charge is 0.144 e. The van der Waals surface area contributed by atoms with E-state index in [1.165, 1.54) is 23.3 Å². The minimum atomic E-state index is 1.17. The zero-order valence-corrected chi connectivity index (χ0v) is 6.45. The molecule has 0 aromatic carbocycles. The fourth-order valence-electron chi connectivity index (χ4n) is 1.13. The van der Waals surface area contributed by atoms with Gasteiger partial charge in [0.25, 0.3) is 0 Å². The van der Waals surface area contributed by atoms with Crippen LogP contribution in [-0.4, -0.2) is 0 Å². The summed E-state index contributed by atoms with van der Waals surface area (Å²) in [6.07, 6.45) is 4.47. The first kappa shape index (κ1) is 5.96. The number of rotatable bonds is 1. The molecule has 10 heavy (non-hydrogen) atoms. The van der Waals surface area contributed by atoms with Gasteiger partial charge in [0, 0.05) is 10.5 Å². The lowest BCUT2D eigenvalue weighted by Gasteiger charge is -1.91. The van der Waals surface area contributed by atoms with Crippen molar-refractivity contribution in [3.8, 4) is 0 Å². The average Bonchev–Trinajstić information content (AvgIpc) is 2.59. The van der Waals surface area contributed by atoms with Gasteiger partial charge in [0.15, 0.2) is 0 Å². The molecule has 0 bridgehead atoms. The summed E-state index contributed by atoms with van der Waals surface area (Å²) < 4.78 is 0. The Labute approximate surface area is 64.5 Å². The van der Waals surface area contributed by atoms with Crippen LogP contribution < -0.4 is 0 Å². The van der Waals surface area contributed by atoms with Crippen molar-refractivity contribution in [1.29, 1.82) is 0 Å². The number of thiophene rings is 1. The van der Waals surface area contributed by atoms with Gasteiger partial charge in [0.1, 0.15) is 0 Å². The summed E-state index contributed by atoms with van der Waals surface area (Å²) in [6.45, 7) is 0. The van der Waals surface area contributed by atoms with Crippen molar-refractivity contribution in [3.63, 3.8) is 0 Å². The lowest BCUT2D eigenvalue weighted by atomic mass is 10.2. The Morgan fingerprint density at radius 1 is 1.50 bits per heavy atom. The molecule has 0 unspecified atom stereocenters. The van der Waals surface area contributed by atoms with Gasteiger partial charge in [-0.25, -0.2) is 0 Å². The summed E-state index contributed by atoms with van der Waals surface area (Å²) in [5.74, 6) is 0. The maximum atomic E-state index is 3.26. The fourth-order valence-corrected chi connectivity index (χ4v) is 1.89. The summed E-state index contributed by atoms with van der Waals surface area (Å²) in [6, 6.07) is 4.25. The van der Waals surface area contributed by atoms with E-state index >= 15 is 0 Å². The molecule has 0 amide bonds. The van der Waals surface area contributed by atoms with E-state index < -0.39 is 0 Å². The molecule has 1 aliphatic rings. The van der Waals surface area contributed by atoms with Crippen LogP contribution in [0.15, 0.2) is 29.3 Å². The van der Waals surface area contributed by atoms with Crippen LogP contribution >= 0.6 is 11.3 Å². The molecule has 1 aliphatic carbocycles. The molecule has 0 atom stereocenters. The molecule has 2 rings (SSSR count). The first-order valence-corrected chi connectivity index (χ1v) is 4.33. The van der Waals surface area contributed by atoms with E-state index in [0.717, 1.165) is 0 Å². The fraction of sp³-hybridized carbons (Fsp3) is 0.222. The molecule has 0 N–H and O–H groups in total. The van der Waals surface area contributed by atoms with Crippen molar-refractivity contribution in [3.05, 3.63) is 34.2 Å². The topological polar surface area (TPSA) is 0 Å². The summed E-state index contributed by atoms with van der Waals surface area (Å²) >= 11 is 1.80. The highest BCUT2D eigenvalue weighted by molar-refractivity contribution is 7.11. The normalized spacial score (nSPS) is 15.8. The second-order valence-corrected chi connectivity index (χ2v) is 3.29. The Bertz CT molecular complexity index is 274. The van der Waals surface area contributed by atoms with Crippen molar-refractivity contribution in [2.75, 3.05) is 0 Å². The number of allylic oxidation sites excluding steroid dienone is 1. The van der Waals surface area contributed by atoms with Crippen LogP contribution in [0, 0.1) is 0 Å². The van der Waals surface area contributed by atoms with E-state index in [2.05, 4.69) is 29.3 Å². The Morgan fingerprint density at radius 2 is 2.50 bits per heavy atom. The predicted octanol–water partition coefficient (Wildman–Crippen LogP) is 3.08. The van der Waals surface area contributed by atoms with Crippen molar-refractivity contribution >= 4 is 16.9 Å². The summed E-state index contributed by atoms with van der Waals surface area (Å²) in [7, 11) is 0. The molecule has 1 aromatic rings. The highest BCUT2D eigenvalue weighted by Gasteiger charge is 2.03. The van der Waals surface area contributed by atoms with Gasteiger partial charge in [-0.1, -0.05) is 6.07 Å². The molecule has 1 heterocycles. The third-order valence-electron chi connectivity index (χ3n) is 1.63. The third-order valence-corrected chi connectivity index (χ3v) is 2.56. The van der Waals surface area contributed by atoms with Crippen LogP contribution in [0.2, 0.25) is 0 Å². The standard InChI is InChI=1S/C9H8S/c1-2-5-8(4-1)9-6-3-7-10-9/h1,3,6-7H,2,5H2. The summed E-state index contributed by atoms with van der Waals surface area (Å²) in [5, 5.41) is 2.11. The molecule has 0 saturated carbocycles. The van der Waals surface area contributed by atoms with Gasteiger partial charge in [-0.15, -0.1) is 17.1 Å². The molecule has 1 aromatic heterocycles. The first-order valence-electron chi connectivity index (χ1n) is 3.45. The number of hydrogen-bond donors (Lipinski definition) is 0. The lowest BCUT2D eigenvalue weighted by molar-refractivity contribution is 1.11. The Kier molecular flexibility index (Phi) is 1.46. The highest BCUT2D eigenvalue weighted by atomic mass is 32.1. The molecular formula is C9H8S. The monoisotopic (exact) mass is 148 g/mol. The maximum Gasteiger partial charge on any atom is 0.0379 e. The van der Waals surface area contributed by atoms with E-state index in [-0.39, 0.29) is 0 Å². The molecule has 0 nitrogen and oxygen atoms in total. The van der Waals surface area contributed by atoms with Crippen molar-refractivity contribution in [1.82, 2.24) is 0 Å². The molecule has 0 saturated heterocycles. The summed E-state index contributed by atoms with van der Waals surface area (Å²) in [4.78, 5) is 1.38. The van der Waals surface area contributed by atoms with Gasteiger partial charge in [-0.2, -0.15) is 0 Å². The van der Waals surface area contributed by atoms with E-state index in [1.807, 2.05) is 0 Å². The van der Waals surface area contributed by atoms with Gasteiger partial charge in [-0.05, 0) is 30.4 Å². The van der Waals surface area contributed by atoms with Crippen LogP contribution in [0.4, 0.5) is 0 Å². The predicted molar refractivity (Wildman–Crippen MR) is 45.0 cm³/mol. The maximum absolute atomic E-state index is 3.26. The van der Waals surface area contributed by atoms with Crippen LogP contribution in [-0.2, 0) is 0 Å². The molecule has 0 spiro atoms. The minimum absolute atomic E-state index is 1.17. The molecule has 0 aliphatic heterocycles. The minimum Gasteiger partial charge on any atom is -0.144 e. The van der Waals surface area contributed by atoms with Gasteiger partial charge in [-0.3, -0.25) is 0 Å². The van der Waals surface area contributed by atoms with Crippen LogP contribution in [0.1, 0.15) is 17.7 Å². The molecular weight excluding hydrogens is 140 g/mol. The van der Waals surface area contributed by atoms with Gasteiger partial charge in [0.2, 0.25) is 0 Å². The summed E-state index contributed by atoms with van der Waals surface area (Å²) in [5.41, 5.74) is 4.65. The third kappa shape index (κ3) is 0.942. The van der Waals surface area contributed by atoms with E-state index in [9.17, 15) is 0 Å². The Hall–Kier alpha value is -0.780. The Morgan fingerprint density at radius 3 is 3.10 bits per heavy atom. The van der Waals surface area contributed by atoms with E-state index in [0.29, 0.717) is 0 Å². The van der Waals surface area contributed by atoms with Gasteiger partial charge >= 0.3 is 0 Å². The van der Waals surface area contributed by atoms with E-state index in [4.69, 9.17) is 0 Å². The van der Waals surface area contributed by atoms with Gasteiger partial charge < -0.3 is 0 Å². The van der Waals surface area contributed by atoms with Crippen molar-refractivity contribution in [2.45, 2.75) is 12.8 Å². The van der Waals surface area contributed by atoms with Crippen LogP contribution in [0.5, 0.6) is 0 Å². The quantitative estimate of drug-likeness (QED) is 0.537. The zero-order chi connectivity index (χ0) is 6.81. The second kappa shape index (κ2) is 2.45. The highest BCUT2D eigenvalue weighted by Crippen LogP contribution is 2.26. The molecule has 50 valence electrons. The lowest BCUT2D eigenvalue weighted by Crippen LogP contribution is -1.70. The average molecular weight is 148 g/mol. The van der Waals surface area contributed by atoms with Crippen molar-refractivity contribution < 1.29 is 0 Å². The molecule has 0 fully saturated rings. The second-order valence-electron chi connectivity index (χ2n) is 2.34. The number of hydrogen-bond acceptors (Lipinski definition) is 1. The van der Waals surface area contributed by atoms with Gasteiger partial charge in [0.05, 0.1) is 0 Å². The smallest absolute Gasteiger partial charge is 0.0379 e. The molecule has 0 radical (unpaired) electrons. The SMILES string of the molecule is C1=CCCC=1c1cccs1. The Balaban J connectivity index is 2.37. The first-order chi connectivity index (χ1) is 4.97. The molecule has 1 heteroatoms. The van der Waals surface area contributed by atoms with Crippen LogP contribution in [0.3, 0.4) is 0 Å². The zero-order valence-electron chi connectivity index (χ0n) is 5.63. The van der Waals surface area contributed by atoms with Crippen molar-refractivity contribution in [2.24, 2.45) is 0 Å². The van der Waals surface area contributed by atoms with E-state index in [1.54, 1.807) is 11.3 Å². The van der Waals surface area contributed by atoms with Crippen LogP contribution in [0.25, 0.3) is 5.57 Å².